The lowest BCUT2D eigenvalue weighted by Crippen LogP contribution is -2.08. The van der Waals surface area contributed by atoms with Crippen LogP contribution in [0.1, 0.15) is 17.3 Å². The van der Waals surface area contributed by atoms with Crippen LogP contribution in [0.25, 0.3) is 0 Å². The van der Waals surface area contributed by atoms with Crippen molar-refractivity contribution in [2.75, 3.05) is 0 Å². The van der Waals surface area contributed by atoms with Crippen molar-refractivity contribution >= 4 is 5.78 Å². The summed E-state index contributed by atoms with van der Waals surface area (Å²) in [4.78, 5) is 14.1. The number of halogens is 3. The Morgan fingerprint density at radius 2 is 2.21 bits per heavy atom. The third-order valence-corrected chi connectivity index (χ3v) is 1.40. The summed E-state index contributed by atoms with van der Waals surface area (Å²) in [5, 5.41) is 0. The second-order valence-electron chi connectivity index (χ2n) is 2.44. The van der Waals surface area contributed by atoms with Crippen molar-refractivity contribution < 1.29 is 22.7 Å². The number of hydrogen-bond acceptors (Lipinski definition) is 3. The molecular formula is C8H6F3NO2. The van der Waals surface area contributed by atoms with E-state index in [4.69, 9.17) is 0 Å². The van der Waals surface area contributed by atoms with E-state index in [-0.39, 0.29) is 5.56 Å². The van der Waals surface area contributed by atoms with Crippen LogP contribution in [0.2, 0.25) is 0 Å². The first kappa shape index (κ1) is 10.5. The molecule has 1 aromatic rings. The van der Waals surface area contributed by atoms with Crippen LogP contribution in [-0.4, -0.2) is 17.4 Å². The van der Waals surface area contributed by atoms with Gasteiger partial charge in [0, 0.05) is 0 Å². The summed E-state index contributed by atoms with van der Waals surface area (Å²) < 4.78 is 40.1. The number of pyridine rings is 1. The van der Waals surface area contributed by atoms with Crippen molar-refractivity contribution in [2.24, 2.45) is 0 Å². The molecule has 0 radical (unpaired) electrons. The number of nitrogens with zero attached hydrogens (tertiary/aromatic N) is 1. The fourth-order valence-corrected chi connectivity index (χ4v) is 0.857. The Morgan fingerprint density at radius 1 is 1.57 bits per heavy atom. The number of Topliss-reactive ketones (excluding diaryl/α,β-unsaturated/α-hetero) is 1. The van der Waals surface area contributed by atoms with Gasteiger partial charge in [-0.25, -0.2) is 9.37 Å². The maximum atomic E-state index is 12.6. The van der Waals surface area contributed by atoms with Crippen LogP contribution in [0, 0.1) is 5.82 Å². The number of ketones is 1. The van der Waals surface area contributed by atoms with E-state index in [0.717, 1.165) is 13.0 Å². The van der Waals surface area contributed by atoms with Gasteiger partial charge in [-0.05, 0) is 13.0 Å². The molecule has 0 aliphatic heterocycles. The van der Waals surface area contributed by atoms with E-state index in [9.17, 15) is 18.0 Å². The van der Waals surface area contributed by atoms with Crippen LogP contribution in [0.15, 0.2) is 12.3 Å². The van der Waals surface area contributed by atoms with Crippen LogP contribution in [0.5, 0.6) is 5.88 Å². The Kier molecular flexibility index (Phi) is 3.06. The van der Waals surface area contributed by atoms with Crippen LogP contribution >= 0.6 is 0 Å². The Hall–Kier alpha value is -1.59. The molecule has 0 aliphatic carbocycles. The molecule has 0 aromatic carbocycles. The number of rotatable bonds is 3. The quantitative estimate of drug-likeness (QED) is 0.708. The topological polar surface area (TPSA) is 39.2 Å². The Balaban J connectivity index is 3.08. The summed E-state index contributed by atoms with van der Waals surface area (Å²) in [5.74, 6) is -1.93. The molecule has 1 heterocycles. The third-order valence-electron chi connectivity index (χ3n) is 1.40. The first-order valence-electron chi connectivity index (χ1n) is 3.62. The zero-order valence-corrected chi connectivity index (χ0v) is 7.13. The second kappa shape index (κ2) is 4.08. The van der Waals surface area contributed by atoms with Gasteiger partial charge in [-0.15, -0.1) is 0 Å². The molecule has 0 aliphatic rings. The Morgan fingerprint density at radius 3 is 2.71 bits per heavy atom. The normalized spacial score (nSPS) is 10.4. The number of ether oxygens (including phenoxy) is 1. The molecule has 0 N–H and O–H groups in total. The van der Waals surface area contributed by atoms with E-state index in [1.165, 1.54) is 0 Å². The lowest BCUT2D eigenvalue weighted by atomic mass is 10.2. The summed E-state index contributed by atoms with van der Waals surface area (Å²) in [7, 11) is 0. The number of carbonyl (C=O) groups excluding carboxylic acids is 1. The highest BCUT2D eigenvalue weighted by Gasteiger charge is 2.15. The van der Waals surface area contributed by atoms with E-state index in [0.29, 0.717) is 6.20 Å². The van der Waals surface area contributed by atoms with Crippen molar-refractivity contribution in [2.45, 2.75) is 13.5 Å². The third kappa shape index (κ3) is 2.45. The van der Waals surface area contributed by atoms with E-state index in [2.05, 4.69) is 9.72 Å². The van der Waals surface area contributed by atoms with Gasteiger partial charge < -0.3 is 4.74 Å². The van der Waals surface area contributed by atoms with Gasteiger partial charge in [-0.1, -0.05) is 0 Å². The number of carbonyl (C=O) groups is 1. The number of hydrogen-bond donors (Lipinski definition) is 0. The standard InChI is InChI=1S/C8H6F3NO2/c1-4(13)6-2-5(9)3-12-7(6)14-8(10)11/h2-3,8H,1H3. The zero-order valence-electron chi connectivity index (χ0n) is 7.13. The highest BCUT2D eigenvalue weighted by atomic mass is 19.3. The van der Waals surface area contributed by atoms with Gasteiger partial charge >= 0.3 is 6.61 Å². The van der Waals surface area contributed by atoms with Crippen LogP contribution in [0.3, 0.4) is 0 Å². The molecule has 6 heteroatoms. The lowest BCUT2D eigenvalue weighted by Gasteiger charge is -2.06. The first-order valence-corrected chi connectivity index (χ1v) is 3.62. The van der Waals surface area contributed by atoms with E-state index in [1.54, 1.807) is 0 Å². The minimum Gasteiger partial charge on any atom is -0.416 e. The maximum Gasteiger partial charge on any atom is 0.388 e. The van der Waals surface area contributed by atoms with E-state index < -0.39 is 24.1 Å². The van der Waals surface area contributed by atoms with Crippen molar-refractivity contribution in [3.8, 4) is 5.88 Å². The molecule has 0 unspecified atom stereocenters. The molecule has 1 rings (SSSR count). The van der Waals surface area contributed by atoms with Gasteiger partial charge in [0.15, 0.2) is 5.78 Å². The summed E-state index contributed by atoms with van der Waals surface area (Å²) in [6.45, 7) is -1.99. The highest BCUT2D eigenvalue weighted by Crippen LogP contribution is 2.18. The second-order valence-corrected chi connectivity index (χ2v) is 2.44. The van der Waals surface area contributed by atoms with Crippen molar-refractivity contribution in [3.05, 3.63) is 23.6 Å². The smallest absolute Gasteiger partial charge is 0.388 e. The van der Waals surface area contributed by atoms with Crippen molar-refractivity contribution in [1.82, 2.24) is 4.98 Å². The van der Waals surface area contributed by atoms with Crippen LogP contribution < -0.4 is 4.74 Å². The Labute approximate surface area is 77.5 Å². The molecule has 0 atom stereocenters. The van der Waals surface area contributed by atoms with Crippen molar-refractivity contribution in [1.29, 1.82) is 0 Å². The first-order chi connectivity index (χ1) is 6.50. The van der Waals surface area contributed by atoms with Crippen molar-refractivity contribution in [3.63, 3.8) is 0 Å². The minimum atomic E-state index is -3.09. The van der Waals surface area contributed by atoms with Gasteiger partial charge in [0.1, 0.15) is 5.82 Å². The minimum absolute atomic E-state index is 0.301. The van der Waals surface area contributed by atoms with Crippen LogP contribution in [-0.2, 0) is 0 Å². The molecule has 76 valence electrons. The van der Waals surface area contributed by atoms with Gasteiger partial charge in [-0.2, -0.15) is 8.78 Å². The summed E-state index contributed by atoms with van der Waals surface area (Å²) in [6.07, 6.45) is 0.699. The summed E-state index contributed by atoms with van der Waals surface area (Å²) >= 11 is 0. The van der Waals surface area contributed by atoms with Gasteiger partial charge in [0.25, 0.3) is 0 Å². The molecule has 0 fully saturated rings. The molecule has 3 nitrogen and oxygen atoms in total. The highest BCUT2D eigenvalue weighted by molar-refractivity contribution is 5.96. The largest absolute Gasteiger partial charge is 0.416 e. The van der Waals surface area contributed by atoms with E-state index >= 15 is 0 Å². The molecule has 0 saturated heterocycles. The molecule has 0 bridgehead atoms. The summed E-state index contributed by atoms with van der Waals surface area (Å²) in [6, 6.07) is 0.799. The van der Waals surface area contributed by atoms with Crippen LogP contribution in [0.4, 0.5) is 13.2 Å². The average Bonchev–Trinajstić information content (AvgIpc) is 2.07. The molecule has 1 aromatic heterocycles. The number of alkyl halides is 2. The van der Waals surface area contributed by atoms with Gasteiger partial charge in [0.05, 0.1) is 11.8 Å². The lowest BCUT2D eigenvalue weighted by molar-refractivity contribution is -0.0532. The maximum absolute atomic E-state index is 12.6. The molecule has 0 saturated carbocycles. The fourth-order valence-electron chi connectivity index (χ4n) is 0.857. The monoisotopic (exact) mass is 205 g/mol. The van der Waals surface area contributed by atoms with E-state index in [1.807, 2.05) is 0 Å². The SMILES string of the molecule is CC(=O)c1cc(F)cnc1OC(F)F. The molecule has 14 heavy (non-hydrogen) atoms. The molecular weight excluding hydrogens is 199 g/mol. The summed E-state index contributed by atoms with van der Waals surface area (Å²) in [5.41, 5.74) is -0.301. The molecule has 0 spiro atoms. The molecule has 0 amide bonds. The van der Waals surface area contributed by atoms with Gasteiger partial charge in [0.2, 0.25) is 5.88 Å². The average molecular weight is 205 g/mol. The predicted molar refractivity (Wildman–Crippen MR) is 40.8 cm³/mol. The fraction of sp³-hybridized carbons (Fsp3) is 0.250. The zero-order chi connectivity index (χ0) is 10.7. The number of aromatic nitrogens is 1. The predicted octanol–water partition coefficient (Wildman–Crippen LogP) is 2.02. The van der Waals surface area contributed by atoms with Gasteiger partial charge in [-0.3, -0.25) is 4.79 Å². The Bertz CT molecular complexity index is 354.